The molecule has 0 aromatic rings. The minimum absolute atomic E-state index is 0. The van der Waals surface area contributed by atoms with E-state index in [1.165, 1.54) is 0 Å². The van der Waals surface area contributed by atoms with Crippen molar-refractivity contribution in [2.24, 2.45) is 0 Å². The Labute approximate surface area is 72.7 Å². The van der Waals surface area contributed by atoms with Crippen molar-refractivity contribution in [2.75, 3.05) is 0 Å². The van der Waals surface area contributed by atoms with E-state index in [2.05, 4.69) is 0 Å². The molecule has 0 spiro atoms. The SMILES string of the molecule is [La+3].[N-3].[N-3].[Sc+3]. The van der Waals surface area contributed by atoms with Crippen molar-refractivity contribution in [2.45, 2.75) is 0 Å². The molecule has 0 aliphatic heterocycles. The quantitative estimate of drug-likeness (QED) is 0.563. The molecule has 0 aliphatic rings. The van der Waals surface area contributed by atoms with Gasteiger partial charge in [-0.2, -0.15) is 0 Å². The maximum Gasteiger partial charge on any atom is 3.00 e. The minimum atomic E-state index is 0. The topological polar surface area (TPSA) is 61.0 Å². The molecule has 0 aromatic carbocycles. The monoisotopic (exact) mass is 212 g/mol. The standard InChI is InChI=1S/La.2N.Sc/q+3;2*-3;+3. The largest absolute Gasteiger partial charge is 3.00 e. The van der Waals surface area contributed by atoms with Crippen molar-refractivity contribution >= 4 is 0 Å². The van der Waals surface area contributed by atoms with Crippen molar-refractivity contribution in [3.05, 3.63) is 12.3 Å². The Kier molecular flexibility index (Phi) is 190. The van der Waals surface area contributed by atoms with Crippen LogP contribution in [-0.4, -0.2) is 0 Å². The maximum atomic E-state index is 0. The molecular formula is LaN2Sc. The Morgan fingerprint density at radius 3 is 0.750 bits per heavy atom. The van der Waals surface area contributed by atoms with Crippen LogP contribution in [0.2, 0.25) is 0 Å². The van der Waals surface area contributed by atoms with Crippen molar-refractivity contribution in [3.8, 4) is 0 Å². The molecule has 0 aromatic heterocycles. The van der Waals surface area contributed by atoms with Gasteiger partial charge in [0, 0.05) is 0 Å². The van der Waals surface area contributed by atoms with Gasteiger partial charge in [0.05, 0.1) is 0 Å². The van der Waals surface area contributed by atoms with Gasteiger partial charge in [-0.1, -0.05) is 0 Å². The Balaban J connectivity index is 0. The first-order valence-electron chi connectivity index (χ1n) is 0. The molecule has 0 amide bonds. The summed E-state index contributed by atoms with van der Waals surface area (Å²) in [5, 5.41) is 0. The molecule has 4 heavy (non-hydrogen) atoms. The van der Waals surface area contributed by atoms with Crippen LogP contribution < -0.4 is 0 Å². The van der Waals surface area contributed by atoms with Crippen LogP contribution in [0.15, 0.2) is 0 Å². The van der Waals surface area contributed by atoms with Gasteiger partial charge < -0.3 is 12.3 Å². The second kappa shape index (κ2) is 20.1. The summed E-state index contributed by atoms with van der Waals surface area (Å²) in [5.74, 6) is 0. The fraction of sp³-hybridized carbons (Fsp3) is 0. The van der Waals surface area contributed by atoms with Gasteiger partial charge >= 0.3 is 61.4 Å². The maximum absolute atomic E-state index is 0. The van der Waals surface area contributed by atoms with E-state index in [-0.39, 0.29) is 73.7 Å². The molecule has 0 unspecified atom stereocenters. The van der Waals surface area contributed by atoms with E-state index in [0.717, 1.165) is 0 Å². The average molecular weight is 212 g/mol. The zero-order chi connectivity index (χ0) is 0. The van der Waals surface area contributed by atoms with Gasteiger partial charge in [-0.15, -0.1) is 0 Å². The number of hydrogen-bond donors (Lipinski definition) is 0. The van der Waals surface area contributed by atoms with Crippen LogP contribution in [0.1, 0.15) is 0 Å². The predicted molar refractivity (Wildman–Crippen MR) is 6.72 cm³/mol. The minimum Gasteiger partial charge on any atom is -3.00 e. The van der Waals surface area contributed by atoms with E-state index in [9.17, 15) is 0 Å². The molecule has 0 atom stereocenters. The van der Waals surface area contributed by atoms with Crippen molar-refractivity contribution in [1.82, 2.24) is 0 Å². The molecule has 0 heterocycles. The first-order chi connectivity index (χ1) is 0. The zero-order valence-corrected chi connectivity index (χ0v) is 7.48. The summed E-state index contributed by atoms with van der Waals surface area (Å²) in [5.41, 5.74) is 0. The van der Waals surface area contributed by atoms with E-state index in [4.69, 9.17) is 0 Å². The van der Waals surface area contributed by atoms with Crippen molar-refractivity contribution in [1.29, 1.82) is 0 Å². The van der Waals surface area contributed by atoms with Gasteiger partial charge in [-0.3, -0.25) is 0 Å². The van der Waals surface area contributed by atoms with Crippen LogP contribution in [0.5, 0.6) is 0 Å². The number of rotatable bonds is 0. The van der Waals surface area contributed by atoms with Crippen LogP contribution in [0.3, 0.4) is 0 Å². The molecule has 0 saturated heterocycles. The number of nitrogens with zero attached hydrogens (tertiary/aromatic N) is 2. The molecule has 0 bridgehead atoms. The van der Waals surface area contributed by atoms with Crippen LogP contribution in [0.4, 0.5) is 0 Å². The third-order valence-corrected chi connectivity index (χ3v) is 0. The van der Waals surface area contributed by atoms with Crippen molar-refractivity contribution < 1.29 is 61.4 Å². The normalized spacial score (nSPS) is 0. The van der Waals surface area contributed by atoms with Gasteiger partial charge in [-0.25, -0.2) is 0 Å². The van der Waals surface area contributed by atoms with E-state index >= 15 is 0 Å². The summed E-state index contributed by atoms with van der Waals surface area (Å²) in [7, 11) is 0. The van der Waals surface area contributed by atoms with E-state index in [1.54, 1.807) is 0 Å². The first kappa shape index (κ1) is 37.7. The molecule has 0 radical (unpaired) electrons. The van der Waals surface area contributed by atoms with Gasteiger partial charge in [0.25, 0.3) is 0 Å². The first-order valence-corrected chi connectivity index (χ1v) is 0. The summed E-state index contributed by atoms with van der Waals surface area (Å²) in [6.07, 6.45) is 0. The summed E-state index contributed by atoms with van der Waals surface area (Å²) >= 11 is 0. The molecule has 0 N–H and O–H groups in total. The van der Waals surface area contributed by atoms with Gasteiger partial charge in [-0.05, 0) is 0 Å². The van der Waals surface area contributed by atoms with Crippen LogP contribution >= 0.6 is 0 Å². The van der Waals surface area contributed by atoms with Gasteiger partial charge in [0.1, 0.15) is 0 Å². The molecule has 16 valence electrons. The third-order valence-electron chi connectivity index (χ3n) is 0. The second-order valence-corrected chi connectivity index (χ2v) is 0. The Bertz CT molecular complexity index is 6.00. The van der Waals surface area contributed by atoms with E-state index in [1.807, 2.05) is 0 Å². The smallest absolute Gasteiger partial charge is 3.00 e. The Morgan fingerprint density at radius 2 is 0.750 bits per heavy atom. The molecule has 0 aliphatic carbocycles. The van der Waals surface area contributed by atoms with E-state index in [0.29, 0.717) is 0 Å². The molecule has 0 fully saturated rings. The van der Waals surface area contributed by atoms with Crippen molar-refractivity contribution in [3.63, 3.8) is 0 Å². The zero-order valence-electron chi connectivity index (χ0n) is 2.05. The van der Waals surface area contributed by atoms with Gasteiger partial charge in [0.2, 0.25) is 0 Å². The van der Waals surface area contributed by atoms with Gasteiger partial charge in [0.15, 0.2) is 0 Å². The fourth-order valence-electron chi connectivity index (χ4n) is 0. The molecular weight excluding hydrogens is 212 g/mol. The molecule has 2 nitrogen and oxygen atoms in total. The number of hydrogen-bond acceptors (Lipinski definition) is 0. The predicted octanol–water partition coefficient (Wildman–Crippen LogP) is 0.575. The third kappa shape index (κ3) is 9.01. The summed E-state index contributed by atoms with van der Waals surface area (Å²) in [6.45, 7) is 0. The Morgan fingerprint density at radius 1 is 0.750 bits per heavy atom. The summed E-state index contributed by atoms with van der Waals surface area (Å²) in [4.78, 5) is 0. The van der Waals surface area contributed by atoms with Crippen LogP contribution in [0, 0.1) is 35.6 Å². The van der Waals surface area contributed by atoms with E-state index < -0.39 is 0 Å². The van der Waals surface area contributed by atoms with Crippen LogP contribution in [0.25, 0.3) is 12.3 Å². The molecule has 0 rings (SSSR count). The molecule has 4 heteroatoms. The fourth-order valence-corrected chi connectivity index (χ4v) is 0. The Hall–Kier alpha value is 1.98. The summed E-state index contributed by atoms with van der Waals surface area (Å²) < 4.78 is 0. The van der Waals surface area contributed by atoms with Crippen LogP contribution in [-0.2, 0) is 25.8 Å². The second-order valence-electron chi connectivity index (χ2n) is 0. The molecule has 0 saturated carbocycles. The summed E-state index contributed by atoms with van der Waals surface area (Å²) in [6, 6.07) is 0. The average Bonchev–Trinajstić information content (AvgIpc) is 0.